The van der Waals surface area contributed by atoms with Gasteiger partial charge in [-0.3, -0.25) is 9.11 Å². The lowest BCUT2D eigenvalue weighted by atomic mass is 9.93. The highest BCUT2D eigenvalue weighted by Gasteiger charge is 2.40. The van der Waals surface area contributed by atoms with Gasteiger partial charge >= 0.3 is 12.2 Å². The normalized spacial score (nSPS) is 17.8. The SMILES string of the molecule is CC1=C(C#N)[C@@H](c2ccc(C#N)cc2[S@](C)=O)N(C)C(=O)N1c1cccc(C(F)(F)F)c1. The molecule has 2 atom stereocenters. The molecule has 2 aromatic rings. The quantitative estimate of drug-likeness (QED) is 0.666. The van der Waals surface area contributed by atoms with Gasteiger partial charge in [0, 0.05) is 23.9 Å². The third-order valence-electron chi connectivity index (χ3n) is 5.18. The molecule has 0 radical (unpaired) electrons. The average Bonchev–Trinajstić information content (AvgIpc) is 2.75. The van der Waals surface area contributed by atoms with Crippen LogP contribution in [0.2, 0.25) is 0 Å². The highest BCUT2D eigenvalue weighted by molar-refractivity contribution is 7.84. The molecule has 3 rings (SSSR count). The first-order valence-electron chi connectivity index (χ1n) is 9.23. The minimum absolute atomic E-state index is 0.0282. The van der Waals surface area contributed by atoms with Crippen LogP contribution in [-0.4, -0.2) is 28.4 Å². The number of anilines is 1. The molecule has 0 aromatic heterocycles. The summed E-state index contributed by atoms with van der Waals surface area (Å²) in [6.45, 7) is 1.48. The number of benzene rings is 2. The van der Waals surface area contributed by atoms with E-state index >= 15 is 0 Å². The summed E-state index contributed by atoms with van der Waals surface area (Å²) in [6, 6.07) is 11.2. The number of likely N-dealkylation sites (N-methyl/N-ethyl adjacent to an activating group) is 1. The van der Waals surface area contributed by atoms with Crippen LogP contribution >= 0.6 is 0 Å². The van der Waals surface area contributed by atoms with Gasteiger partial charge < -0.3 is 4.90 Å². The van der Waals surface area contributed by atoms with Crippen LogP contribution < -0.4 is 4.90 Å². The molecular weight excluding hydrogens is 441 g/mol. The van der Waals surface area contributed by atoms with Crippen molar-refractivity contribution >= 4 is 22.5 Å². The predicted octanol–water partition coefficient (Wildman–Crippen LogP) is 4.73. The Morgan fingerprint density at radius 2 is 1.78 bits per heavy atom. The summed E-state index contributed by atoms with van der Waals surface area (Å²) >= 11 is 0. The summed E-state index contributed by atoms with van der Waals surface area (Å²) in [5.74, 6) is 0. The Morgan fingerprint density at radius 1 is 1.09 bits per heavy atom. The number of halogens is 3. The van der Waals surface area contributed by atoms with Crippen LogP contribution in [0.4, 0.5) is 23.7 Å². The number of nitriles is 2. The molecule has 0 spiro atoms. The van der Waals surface area contributed by atoms with Gasteiger partial charge in [0.05, 0.1) is 51.4 Å². The molecule has 0 saturated carbocycles. The molecule has 0 unspecified atom stereocenters. The second-order valence-electron chi connectivity index (χ2n) is 7.11. The summed E-state index contributed by atoms with van der Waals surface area (Å²) in [5, 5.41) is 19.1. The largest absolute Gasteiger partial charge is 0.416 e. The van der Waals surface area contributed by atoms with Crippen molar-refractivity contribution in [1.82, 2.24) is 4.90 Å². The summed E-state index contributed by atoms with van der Waals surface area (Å²) < 4.78 is 51.9. The van der Waals surface area contributed by atoms with Gasteiger partial charge in [-0.15, -0.1) is 0 Å². The van der Waals surface area contributed by atoms with E-state index in [4.69, 9.17) is 5.26 Å². The highest BCUT2D eigenvalue weighted by Crippen LogP contribution is 2.41. The Bertz CT molecular complexity index is 1240. The highest BCUT2D eigenvalue weighted by atomic mass is 32.2. The lowest BCUT2D eigenvalue weighted by Crippen LogP contribution is -2.47. The minimum atomic E-state index is -4.60. The fraction of sp³-hybridized carbons (Fsp3) is 0.227. The van der Waals surface area contributed by atoms with E-state index in [1.165, 1.54) is 55.5 Å². The Morgan fingerprint density at radius 3 is 2.34 bits per heavy atom. The maximum atomic E-state index is 13.2. The summed E-state index contributed by atoms with van der Waals surface area (Å²) in [6.07, 6.45) is -3.18. The van der Waals surface area contributed by atoms with Crippen LogP contribution in [0.3, 0.4) is 0 Å². The number of amides is 2. The Labute approximate surface area is 185 Å². The molecule has 0 fully saturated rings. The maximum absolute atomic E-state index is 13.2. The summed E-state index contributed by atoms with van der Waals surface area (Å²) in [4.78, 5) is 15.8. The van der Waals surface area contributed by atoms with Crippen molar-refractivity contribution in [2.75, 3.05) is 18.2 Å². The zero-order valence-electron chi connectivity index (χ0n) is 17.3. The standard InChI is InChI=1S/C22H17F3N4O2S/c1-13-18(12-27)20(17-8-7-14(11-26)9-19(17)32(3)31)28(2)21(30)29(13)16-6-4-5-15(10-16)22(23,24)25/h4-10,20H,1-3H3/t20-,32+/m1/s1. The van der Waals surface area contributed by atoms with E-state index in [2.05, 4.69) is 6.07 Å². The predicted molar refractivity (Wildman–Crippen MR) is 112 cm³/mol. The Hall–Kier alpha value is -3.63. The van der Waals surface area contributed by atoms with E-state index < -0.39 is 34.6 Å². The molecular formula is C22H17F3N4O2S. The van der Waals surface area contributed by atoms with Crippen molar-refractivity contribution in [3.05, 3.63) is 70.4 Å². The van der Waals surface area contributed by atoms with Gasteiger partial charge in [0.25, 0.3) is 0 Å². The van der Waals surface area contributed by atoms with Crippen LogP contribution in [0.25, 0.3) is 0 Å². The van der Waals surface area contributed by atoms with E-state index in [9.17, 15) is 27.4 Å². The van der Waals surface area contributed by atoms with Crippen molar-refractivity contribution in [1.29, 1.82) is 10.5 Å². The molecule has 32 heavy (non-hydrogen) atoms. The fourth-order valence-electron chi connectivity index (χ4n) is 3.63. The summed E-state index contributed by atoms with van der Waals surface area (Å²) in [5.41, 5.74) is 0.000919. The van der Waals surface area contributed by atoms with Gasteiger partial charge in [-0.05, 0) is 42.8 Å². The molecule has 6 nitrogen and oxygen atoms in total. The molecule has 1 aliphatic heterocycles. The van der Waals surface area contributed by atoms with Crippen LogP contribution in [-0.2, 0) is 17.0 Å². The van der Waals surface area contributed by atoms with Crippen molar-refractivity contribution in [3.8, 4) is 12.1 Å². The molecule has 2 aromatic carbocycles. The van der Waals surface area contributed by atoms with E-state index in [0.717, 1.165) is 17.0 Å². The molecule has 2 amide bonds. The monoisotopic (exact) mass is 458 g/mol. The van der Waals surface area contributed by atoms with Crippen molar-refractivity contribution in [2.45, 2.75) is 24.0 Å². The zero-order valence-corrected chi connectivity index (χ0v) is 18.1. The number of urea groups is 1. The van der Waals surface area contributed by atoms with Gasteiger partial charge in [-0.2, -0.15) is 23.7 Å². The third kappa shape index (κ3) is 3.97. The second kappa shape index (κ2) is 8.48. The lowest BCUT2D eigenvalue weighted by Gasteiger charge is -2.40. The first kappa shape index (κ1) is 23.0. The molecule has 0 N–H and O–H groups in total. The molecule has 0 bridgehead atoms. The van der Waals surface area contributed by atoms with Gasteiger partial charge in [0.15, 0.2) is 0 Å². The molecule has 0 saturated heterocycles. The van der Waals surface area contributed by atoms with E-state index in [1.807, 2.05) is 6.07 Å². The van der Waals surface area contributed by atoms with Gasteiger partial charge in [-0.25, -0.2) is 4.79 Å². The second-order valence-corrected chi connectivity index (χ2v) is 8.46. The van der Waals surface area contributed by atoms with Gasteiger partial charge in [-0.1, -0.05) is 12.1 Å². The molecule has 1 heterocycles. The van der Waals surface area contributed by atoms with Gasteiger partial charge in [0.2, 0.25) is 0 Å². The number of rotatable bonds is 3. The number of hydrogen-bond acceptors (Lipinski definition) is 4. The number of allylic oxidation sites excluding steroid dienone is 1. The number of carbonyl (C=O) groups excluding carboxylic acids is 1. The lowest BCUT2D eigenvalue weighted by molar-refractivity contribution is -0.137. The minimum Gasteiger partial charge on any atom is -0.315 e. The molecule has 0 aliphatic carbocycles. The number of carbonyl (C=O) groups is 1. The summed E-state index contributed by atoms with van der Waals surface area (Å²) in [7, 11) is -0.111. The zero-order chi connectivity index (χ0) is 23.8. The van der Waals surface area contributed by atoms with E-state index in [0.29, 0.717) is 10.5 Å². The van der Waals surface area contributed by atoms with Crippen LogP contribution in [0.1, 0.15) is 29.7 Å². The van der Waals surface area contributed by atoms with Crippen LogP contribution in [0, 0.1) is 22.7 Å². The van der Waals surface area contributed by atoms with Gasteiger partial charge in [0.1, 0.15) is 0 Å². The number of nitrogens with zero attached hydrogens (tertiary/aromatic N) is 4. The first-order valence-corrected chi connectivity index (χ1v) is 10.8. The number of hydrogen-bond donors (Lipinski definition) is 0. The van der Waals surface area contributed by atoms with Crippen LogP contribution in [0.5, 0.6) is 0 Å². The fourth-order valence-corrected chi connectivity index (χ4v) is 4.44. The molecule has 1 aliphatic rings. The Balaban J connectivity index is 2.21. The third-order valence-corrected chi connectivity index (χ3v) is 6.15. The van der Waals surface area contributed by atoms with E-state index in [1.54, 1.807) is 0 Å². The smallest absolute Gasteiger partial charge is 0.315 e. The molecule has 164 valence electrons. The van der Waals surface area contributed by atoms with Crippen molar-refractivity contribution in [3.63, 3.8) is 0 Å². The van der Waals surface area contributed by atoms with Crippen molar-refractivity contribution < 1.29 is 22.2 Å². The number of alkyl halides is 3. The topological polar surface area (TPSA) is 88.2 Å². The Kier molecular flexibility index (Phi) is 6.11. The first-order chi connectivity index (χ1) is 15.0. The van der Waals surface area contributed by atoms with Crippen molar-refractivity contribution in [2.24, 2.45) is 0 Å². The van der Waals surface area contributed by atoms with E-state index in [-0.39, 0.29) is 22.5 Å². The maximum Gasteiger partial charge on any atom is 0.416 e. The molecule has 10 heteroatoms. The van der Waals surface area contributed by atoms with Crippen LogP contribution in [0.15, 0.2) is 58.6 Å². The average molecular weight is 458 g/mol.